The number of thioether (sulfide) groups is 1. The van der Waals surface area contributed by atoms with Crippen LogP contribution in [-0.4, -0.2) is 35.4 Å². The topological polar surface area (TPSA) is 79.8 Å². The van der Waals surface area contributed by atoms with Crippen LogP contribution in [0.15, 0.2) is 23.2 Å². The molecule has 25 heavy (non-hydrogen) atoms. The number of amides is 2. The lowest BCUT2D eigenvalue weighted by molar-refractivity contribution is -0.122. The second-order valence-corrected chi connectivity index (χ2v) is 7.67. The van der Waals surface area contributed by atoms with E-state index in [-0.39, 0.29) is 18.2 Å². The van der Waals surface area contributed by atoms with Crippen molar-refractivity contribution in [2.75, 3.05) is 12.4 Å². The van der Waals surface area contributed by atoms with Gasteiger partial charge in [-0.2, -0.15) is 0 Å². The quantitative estimate of drug-likeness (QED) is 0.820. The number of hydrogen-bond acceptors (Lipinski definition) is 5. The Balaban J connectivity index is 1.55. The number of rotatable bonds is 5. The third-order valence-corrected chi connectivity index (χ3v) is 5.60. The van der Waals surface area contributed by atoms with Gasteiger partial charge in [0, 0.05) is 12.1 Å². The normalized spacial score (nSPS) is 22.2. The van der Waals surface area contributed by atoms with E-state index in [1.165, 1.54) is 31.7 Å². The summed E-state index contributed by atoms with van der Waals surface area (Å²) in [4.78, 5) is 28.8. The van der Waals surface area contributed by atoms with Gasteiger partial charge in [0.15, 0.2) is 5.17 Å². The van der Waals surface area contributed by atoms with Crippen molar-refractivity contribution in [1.29, 1.82) is 0 Å². The molecule has 1 aromatic rings. The first-order valence-corrected chi connectivity index (χ1v) is 9.49. The third kappa shape index (κ3) is 4.67. The minimum absolute atomic E-state index is 0.0871. The fraction of sp³-hybridized carbons (Fsp3) is 0.471. The molecule has 1 heterocycles. The van der Waals surface area contributed by atoms with Crippen molar-refractivity contribution in [3.8, 4) is 5.75 Å². The zero-order valence-corrected chi connectivity index (χ0v) is 15.5. The molecular formula is C17H20ClN3O3S. The Morgan fingerprint density at radius 1 is 1.44 bits per heavy atom. The average Bonchev–Trinajstić information content (AvgIpc) is 3.18. The van der Waals surface area contributed by atoms with Crippen molar-refractivity contribution in [3.63, 3.8) is 0 Å². The van der Waals surface area contributed by atoms with Crippen molar-refractivity contribution in [2.24, 2.45) is 4.99 Å². The van der Waals surface area contributed by atoms with Crippen molar-refractivity contribution >= 4 is 46.0 Å². The summed E-state index contributed by atoms with van der Waals surface area (Å²) in [5, 5.41) is 6.14. The first-order chi connectivity index (χ1) is 12.0. The summed E-state index contributed by atoms with van der Waals surface area (Å²) >= 11 is 7.38. The number of aliphatic imine (C=N–C) groups is 1. The SMILES string of the molecule is COc1ccc(NC(=O)CC2SC(=NC3CCCC3)NC2=O)cc1Cl. The molecule has 2 amide bonds. The van der Waals surface area contributed by atoms with E-state index in [9.17, 15) is 9.59 Å². The number of hydrogen-bond donors (Lipinski definition) is 2. The first-order valence-electron chi connectivity index (χ1n) is 8.24. The van der Waals surface area contributed by atoms with E-state index in [1.807, 2.05) is 0 Å². The lowest BCUT2D eigenvalue weighted by Gasteiger charge is -2.09. The van der Waals surface area contributed by atoms with Crippen molar-refractivity contribution < 1.29 is 14.3 Å². The average molecular weight is 382 g/mol. The van der Waals surface area contributed by atoms with Gasteiger partial charge < -0.3 is 15.4 Å². The fourth-order valence-corrected chi connectivity index (χ4v) is 4.22. The molecular weight excluding hydrogens is 362 g/mol. The number of carbonyl (C=O) groups excluding carboxylic acids is 2. The van der Waals surface area contributed by atoms with Crippen molar-refractivity contribution in [1.82, 2.24) is 5.32 Å². The van der Waals surface area contributed by atoms with E-state index in [4.69, 9.17) is 16.3 Å². The second kappa shape index (κ2) is 8.10. The molecule has 6 nitrogen and oxygen atoms in total. The molecule has 1 aromatic carbocycles. The van der Waals surface area contributed by atoms with Gasteiger partial charge in [0.05, 0.1) is 18.2 Å². The molecule has 2 fully saturated rings. The monoisotopic (exact) mass is 381 g/mol. The number of carbonyl (C=O) groups is 2. The van der Waals surface area contributed by atoms with Crippen LogP contribution < -0.4 is 15.4 Å². The molecule has 1 atom stereocenters. The molecule has 2 N–H and O–H groups in total. The maximum atomic E-state index is 12.2. The maximum Gasteiger partial charge on any atom is 0.240 e. The van der Waals surface area contributed by atoms with Crippen molar-refractivity contribution in [2.45, 2.75) is 43.4 Å². The molecule has 1 aliphatic carbocycles. The molecule has 134 valence electrons. The van der Waals surface area contributed by atoms with Crippen molar-refractivity contribution in [3.05, 3.63) is 23.2 Å². The van der Waals surface area contributed by atoms with E-state index >= 15 is 0 Å². The smallest absolute Gasteiger partial charge is 0.240 e. The van der Waals surface area contributed by atoms with Crippen LogP contribution in [0.25, 0.3) is 0 Å². The largest absolute Gasteiger partial charge is 0.495 e. The number of benzene rings is 1. The van der Waals surface area contributed by atoms with Crippen LogP contribution in [0.4, 0.5) is 5.69 Å². The van der Waals surface area contributed by atoms with Gasteiger partial charge in [-0.1, -0.05) is 36.2 Å². The molecule has 0 bridgehead atoms. The van der Waals surface area contributed by atoms with Crippen LogP contribution in [-0.2, 0) is 9.59 Å². The molecule has 3 rings (SSSR count). The predicted octanol–water partition coefficient (Wildman–Crippen LogP) is 3.21. The van der Waals surface area contributed by atoms with Gasteiger partial charge in [0.1, 0.15) is 11.0 Å². The highest BCUT2D eigenvalue weighted by Gasteiger charge is 2.32. The van der Waals surface area contributed by atoms with E-state index < -0.39 is 5.25 Å². The summed E-state index contributed by atoms with van der Waals surface area (Å²) in [5.41, 5.74) is 0.569. The van der Waals surface area contributed by atoms with Gasteiger partial charge in [-0.15, -0.1) is 0 Å². The Kier molecular flexibility index (Phi) is 5.86. The lowest BCUT2D eigenvalue weighted by atomic mass is 10.2. The van der Waals surface area contributed by atoms with Crippen LogP contribution in [0.3, 0.4) is 0 Å². The van der Waals surface area contributed by atoms with Crippen LogP contribution in [0.5, 0.6) is 5.75 Å². The number of halogens is 1. The highest BCUT2D eigenvalue weighted by molar-refractivity contribution is 8.15. The Morgan fingerprint density at radius 3 is 2.88 bits per heavy atom. The lowest BCUT2D eigenvalue weighted by Crippen LogP contribution is -2.28. The summed E-state index contributed by atoms with van der Waals surface area (Å²) in [5.74, 6) is 0.138. The Labute approximate surface area is 155 Å². The summed E-state index contributed by atoms with van der Waals surface area (Å²) in [6.45, 7) is 0. The number of amidine groups is 1. The van der Waals surface area contributed by atoms with E-state index in [1.54, 1.807) is 18.2 Å². The van der Waals surface area contributed by atoms with Crippen LogP contribution in [0.1, 0.15) is 32.1 Å². The first kappa shape index (κ1) is 18.1. The summed E-state index contributed by atoms with van der Waals surface area (Å²) < 4.78 is 5.08. The molecule has 1 saturated carbocycles. The zero-order valence-electron chi connectivity index (χ0n) is 13.9. The van der Waals surface area contributed by atoms with Gasteiger partial charge in [-0.25, -0.2) is 0 Å². The number of nitrogens with one attached hydrogen (secondary N) is 2. The van der Waals surface area contributed by atoms with Crippen LogP contribution >= 0.6 is 23.4 Å². The predicted molar refractivity (Wildman–Crippen MR) is 100 cm³/mol. The molecule has 8 heteroatoms. The van der Waals surface area contributed by atoms with E-state index in [0.717, 1.165) is 12.8 Å². The summed E-state index contributed by atoms with van der Waals surface area (Å²) in [6, 6.07) is 5.31. The van der Waals surface area contributed by atoms with Gasteiger partial charge >= 0.3 is 0 Å². The molecule has 2 aliphatic rings. The van der Waals surface area contributed by atoms with Crippen LogP contribution in [0, 0.1) is 0 Å². The number of ether oxygens (including phenoxy) is 1. The minimum Gasteiger partial charge on any atom is -0.495 e. The maximum absolute atomic E-state index is 12.2. The summed E-state index contributed by atoms with van der Waals surface area (Å²) in [6.07, 6.45) is 4.61. The van der Waals surface area contributed by atoms with E-state index in [0.29, 0.717) is 27.7 Å². The molecule has 1 aliphatic heterocycles. The molecule has 0 spiro atoms. The second-order valence-electron chi connectivity index (χ2n) is 6.07. The van der Waals surface area contributed by atoms with Gasteiger partial charge in [0.2, 0.25) is 11.8 Å². The van der Waals surface area contributed by atoms with Gasteiger partial charge in [-0.3, -0.25) is 14.6 Å². The Hall–Kier alpha value is -1.73. The van der Waals surface area contributed by atoms with Gasteiger partial charge in [0.25, 0.3) is 0 Å². The number of methoxy groups -OCH3 is 1. The zero-order chi connectivity index (χ0) is 17.8. The highest BCUT2D eigenvalue weighted by Crippen LogP contribution is 2.29. The standard InChI is InChI=1S/C17H20ClN3O3S/c1-24-13-7-6-11(8-12(13)18)19-15(22)9-14-16(23)21-17(25-14)20-10-4-2-3-5-10/h6-8,10,14H,2-5,9H2,1H3,(H,19,22)(H,20,21,23). The highest BCUT2D eigenvalue weighted by atomic mass is 35.5. The molecule has 0 aromatic heterocycles. The Bertz CT molecular complexity index is 704. The molecule has 1 saturated heterocycles. The minimum atomic E-state index is -0.450. The third-order valence-electron chi connectivity index (χ3n) is 4.21. The molecule has 1 unspecified atom stereocenters. The van der Waals surface area contributed by atoms with Gasteiger partial charge in [-0.05, 0) is 31.0 Å². The molecule has 0 radical (unpaired) electrons. The fourth-order valence-electron chi connectivity index (χ4n) is 2.92. The summed E-state index contributed by atoms with van der Waals surface area (Å²) in [7, 11) is 1.53. The Morgan fingerprint density at radius 2 is 2.20 bits per heavy atom. The van der Waals surface area contributed by atoms with E-state index in [2.05, 4.69) is 15.6 Å². The van der Waals surface area contributed by atoms with Crippen LogP contribution in [0.2, 0.25) is 5.02 Å². The number of anilines is 1. The number of nitrogens with zero attached hydrogens (tertiary/aromatic N) is 1.